The van der Waals surface area contributed by atoms with Crippen LogP contribution in [0.4, 0.5) is 5.69 Å². The number of ether oxygens (including phenoxy) is 1. The van der Waals surface area contributed by atoms with Crippen LogP contribution in [0.3, 0.4) is 0 Å². The Morgan fingerprint density at radius 1 is 1.21 bits per heavy atom. The molecule has 0 fully saturated rings. The summed E-state index contributed by atoms with van der Waals surface area (Å²) in [5.74, 6) is 1.64. The number of para-hydroxylation sites is 2. The third-order valence-electron chi connectivity index (χ3n) is 3.25. The molecule has 2 aromatic carbocycles. The first-order valence-electron chi connectivity index (χ1n) is 7.21. The molecule has 3 rings (SSSR count). The summed E-state index contributed by atoms with van der Waals surface area (Å²) < 4.78 is 5.97. The van der Waals surface area contributed by atoms with Gasteiger partial charge in [-0.15, -0.1) is 10.2 Å². The van der Waals surface area contributed by atoms with Crippen LogP contribution in [0.15, 0.2) is 54.7 Å². The van der Waals surface area contributed by atoms with Gasteiger partial charge in [0.25, 0.3) is 0 Å². The summed E-state index contributed by atoms with van der Waals surface area (Å²) in [6.07, 6.45) is 1.53. The van der Waals surface area contributed by atoms with E-state index < -0.39 is 0 Å². The lowest BCUT2D eigenvalue weighted by Gasteiger charge is -2.13. The van der Waals surface area contributed by atoms with Gasteiger partial charge in [-0.25, -0.2) is 0 Å². The smallest absolute Gasteiger partial charge is 0.216 e. The van der Waals surface area contributed by atoms with Crippen LogP contribution < -0.4 is 10.1 Å². The molecule has 0 aliphatic carbocycles. The summed E-state index contributed by atoms with van der Waals surface area (Å²) in [7, 11) is 0. The van der Waals surface area contributed by atoms with Gasteiger partial charge < -0.3 is 10.1 Å². The second-order valence-corrected chi connectivity index (χ2v) is 4.92. The van der Waals surface area contributed by atoms with Crippen molar-refractivity contribution in [3.63, 3.8) is 0 Å². The molecule has 0 radical (unpaired) electrons. The van der Waals surface area contributed by atoms with Gasteiger partial charge in [0.05, 0.1) is 5.69 Å². The Labute approximate surface area is 138 Å². The maximum atomic E-state index is 9.22. The summed E-state index contributed by atoms with van der Waals surface area (Å²) in [6.45, 7) is 1.96. The maximum absolute atomic E-state index is 9.22. The fraction of sp³-hybridized carbons (Fsp3) is 0.0588. The molecule has 0 aliphatic rings. The minimum Gasteiger partial charge on any atom is -0.455 e. The van der Waals surface area contributed by atoms with Gasteiger partial charge in [-0.1, -0.05) is 30.3 Å². The molecule has 24 heavy (non-hydrogen) atoms. The van der Waals surface area contributed by atoms with E-state index in [2.05, 4.69) is 25.9 Å². The van der Waals surface area contributed by atoms with Crippen LogP contribution in [-0.4, -0.2) is 20.6 Å². The zero-order valence-corrected chi connectivity index (χ0v) is 12.9. The minimum atomic E-state index is 0.225. The number of nitriles is 1. The van der Waals surface area contributed by atoms with Crippen LogP contribution in [0.2, 0.25) is 0 Å². The summed E-state index contributed by atoms with van der Waals surface area (Å²) in [6, 6.07) is 17.3. The van der Waals surface area contributed by atoms with Crippen molar-refractivity contribution >= 4 is 11.3 Å². The van der Waals surface area contributed by atoms with Crippen molar-refractivity contribution in [1.82, 2.24) is 20.6 Å². The van der Waals surface area contributed by atoms with Gasteiger partial charge in [-0.3, -0.25) is 0 Å². The number of benzene rings is 2. The van der Waals surface area contributed by atoms with Crippen molar-refractivity contribution in [2.45, 2.75) is 6.92 Å². The Balaban J connectivity index is 1.89. The van der Waals surface area contributed by atoms with E-state index in [4.69, 9.17) is 4.74 Å². The molecule has 0 aliphatic heterocycles. The molecule has 0 saturated heterocycles. The Morgan fingerprint density at radius 3 is 2.75 bits per heavy atom. The van der Waals surface area contributed by atoms with E-state index in [0.29, 0.717) is 5.75 Å². The number of hydrogen-bond acceptors (Lipinski definition) is 6. The molecule has 0 unspecified atom stereocenters. The maximum Gasteiger partial charge on any atom is 0.216 e. The number of rotatable bonds is 5. The molecule has 1 heterocycles. The van der Waals surface area contributed by atoms with Crippen molar-refractivity contribution in [1.29, 1.82) is 5.26 Å². The molecule has 0 saturated carbocycles. The number of hydrogen-bond donors (Lipinski definition) is 2. The standard InChI is InChI=1S/C17H14N6O/c1-12-6-5-9-15(16(12)24-14-7-3-2-4-8-14)19-11-13(10-18)17-20-22-23-21-17/h2-9,11,19H,1H3,(H,20,21,22,23). The number of nitrogens with one attached hydrogen (secondary N) is 2. The van der Waals surface area contributed by atoms with Crippen molar-refractivity contribution in [3.05, 3.63) is 66.1 Å². The lowest BCUT2D eigenvalue weighted by molar-refractivity contribution is 0.481. The Kier molecular flexibility index (Phi) is 4.49. The number of allylic oxidation sites excluding steroid dienone is 1. The average molecular weight is 318 g/mol. The third-order valence-corrected chi connectivity index (χ3v) is 3.25. The Hall–Kier alpha value is -3.66. The van der Waals surface area contributed by atoms with Gasteiger partial charge in [-0.2, -0.15) is 10.5 Å². The zero-order valence-electron chi connectivity index (χ0n) is 12.9. The van der Waals surface area contributed by atoms with E-state index in [1.807, 2.05) is 61.5 Å². The van der Waals surface area contributed by atoms with Gasteiger partial charge in [0.15, 0.2) is 5.75 Å². The number of aromatic nitrogens is 4. The second kappa shape index (κ2) is 7.07. The van der Waals surface area contributed by atoms with E-state index >= 15 is 0 Å². The van der Waals surface area contributed by atoms with Crippen molar-refractivity contribution in [3.8, 4) is 17.6 Å². The molecule has 7 heteroatoms. The fourth-order valence-corrected chi connectivity index (χ4v) is 2.08. The first-order chi connectivity index (χ1) is 11.8. The topological polar surface area (TPSA) is 99.5 Å². The largest absolute Gasteiger partial charge is 0.455 e. The van der Waals surface area contributed by atoms with Crippen molar-refractivity contribution < 1.29 is 4.74 Å². The van der Waals surface area contributed by atoms with Gasteiger partial charge in [0.2, 0.25) is 5.82 Å². The van der Waals surface area contributed by atoms with Gasteiger partial charge in [-0.05, 0) is 35.9 Å². The third kappa shape index (κ3) is 3.39. The quantitative estimate of drug-likeness (QED) is 0.700. The molecule has 7 nitrogen and oxygen atoms in total. The first-order valence-corrected chi connectivity index (χ1v) is 7.21. The highest BCUT2D eigenvalue weighted by Gasteiger charge is 2.09. The molecule has 1 aromatic heterocycles. The first kappa shape index (κ1) is 15.2. The predicted octanol–water partition coefficient (Wildman–Crippen LogP) is 3.28. The molecule has 0 atom stereocenters. The summed E-state index contributed by atoms with van der Waals surface area (Å²) in [5, 5.41) is 25.7. The minimum absolute atomic E-state index is 0.225. The van der Waals surface area contributed by atoms with Crippen LogP contribution in [0, 0.1) is 18.3 Å². The van der Waals surface area contributed by atoms with E-state index in [9.17, 15) is 5.26 Å². The van der Waals surface area contributed by atoms with E-state index in [-0.39, 0.29) is 11.4 Å². The average Bonchev–Trinajstić information content (AvgIpc) is 3.13. The monoisotopic (exact) mass is 318 g/mol. The second-order valence-electron chi connectivity index (χ2n) is 4.92. The number of anilines is 1. The molecule has 0 spiro atoms. The highest BCUT2D eigenvalue weighted by molar-refractivity contribution is 5.75. The molecular weight excluding hydrogens is 304 g/mol. The number of tetrazole rings is 1. The number of aromatic amines is 1. The Bertz CT molecular complexity index is 881. The van der Waals surface area contributed by atoms with Crippen molar-refractivity contribution in [2.24, 2.45) is 0 Å². The van der Waals surface area contributed by atoms with Gasteiger partial charge in [0, 0.05) is 6.20 Å². The van der Waals surface area contributed by atoms with E-state index in [1.54, 1.807) is 0 Å². The van der Waals surface area contributed by atoms with Crippen LogP contribution in [0.1, 0.15) is 11.4 Å². The summed E-state index contributed by atoms with van der Waals surface area (Å²) in [4.78, 5) is 0. The lowest BCUT2D eigenvalue weighted by atomic mass is 10.2. The normalized spacial score (nSPS) is 10.9. The fourth-order valence-electron chi connectivity index (χ4n) is 2.08. The molecule has 0 bridgehead atoms. The van der Waals surface area contributed by atoms with Crippen LogP contribution >= 0.6 is 0 Å². The number of H-pyrrole nitrogens is 1. The van der Waals surface area contributed by atoms with Crippen molar-refractivity contribution in [2.75, 3.05) is 5.32 Å². The van der Waals surface area contributed by atoms with Crippen LogP contribution in [0.5, 0.6) is 11.5 Å². The van der Waals surface area contributed by atoms with Gasteiger partial charge >= 0.3 is 0 Å². The van der Waals surface area contributed by atoms with Crippen LogP contribution in [0.25, 0.3) is 5.57 Å². The Morgan fingerprint density at radius 2 is 2.04 bits per heavy atom. The number of aryl methyl sites for hydroxylation is 1. The highest BCUT2D eigenvalue weighted by Crippen LogP contribution is 2.33. The van der Waals surface area contributed by atoms with E-state index in [0.717, 1.165) is 17.0 Å². The molecule has 118 valence electrons. The lowest BCUT2D eigenvalue weighted by Crippen LogP contribution is -1.97. The number of nitrogens with zero attached hydrogens (tertiary/aromatic N) is 4. The predicted molar refractivity (Wildman–Crippen MR) is 89.1 cm³/mol. The molecule has 3 aromatic rings. The zero-order chi connectivity index (χ0) is 16.8. The van der Waals surface area contributed by atoms with Gasteiger partial charge in [0.1, 0.15) is 17.4 Å². The molecule has 0 amide bonds. The highest BCUT2D eigenvalue weighted by atomic mass is 16.5. The molecular formula is C17H14N6O. The van der Waals surface area contributed by atoms with Crippen LogP contribution in [-0.2, 0) is 0 Å². The summed E-state index contributed by atoms with van der Waals surface area (Å²) >= 11 is 0. The summed E-state index contributed by atoms with van der Waals surface area (Å²) in [5.41, 5.74) is 1.96. The molecule has 2 N–H and O–H groups in total. The SMILES string of the molecule is Cc1cccc(NC=C(C#N)c2nn[nH]n2)c1Oc1ccccc1. The van der Waals surface area contributed by atoms with E-state index in [1.165, 1.54) is 6.20 Å².